The zero-order chi connectivity index (χ0) is 13.8. The van der Waals surface area contributed by atoms with Gasteiger partial charge < -0.3 is 10.4 Å². The Labute approximate surface area is 109 Å². The topological polar surface area (TPSA) is 136 Å². The summed E-state index contributed by atoms with van der Waals surface area (Å²) >= 11 is 0.907. The Bertz CT molecular complexity index is 608. The van der Waals surface area contributed by atoms with Crippen molar-refractivity contribution in [3.63, 3.8) is 0 Å². The standard InChI is InChI=1S/C8H8N6O4S/c15-7(16)4-13-3-5(11-12-13)1-9-8-10-2-6(19-8)14(17)18/h2-3H,1,4H2,(H,9,10)(H,15,16). The summed E-state index contributed by atoms with van der Waals surface area (Å²) in [6.07, 6.45) is 2.64. The quantitative estimate of drug-likeness (QED) is 0.572. The van der Waals surface area contributed by atoms with E-state index in [4.69, 9.17) is 5.11 Å². The molecule has 0 aliphatic rings. The number of nitrogens with zero attached hydrogens (tertiary/aromatic N) is 5. The molecule has 0 bridgehead atoms. The molecule has 0 amide bonds. The molecule has 0 aliphatic heterocycles. The molecule has 0 atom stereocenters. The predicted octanol–water partition coefficient (Wildman–Crippen LogP) is 0.339. The molecule has 0 aromatic carbocycles. The molecule has 2 aromatic heterocycles. The average Bonchev–Trinajstić information content (AvgIpc) is 2.94. The summed E-state index contributed by atoms with van der Waals surface area (Å²) in [5, 5.41) is 29.6. The van der Waals surface area contributed by atoms with Crippen molar-refractivity contribution in [3.05, 3.63) is 28.2 Å². The summed E-state index contributed by atoms with van der Waals surface area (Å²) in [7, 11) is 0. The van der Waals surface area contributed by atoms with Crippen LogP contribution in [0.3, 0.4) is 0 Å². The van der Waals surface area contributed by atoms with Crippen LogP contribution >= 0.6 is 11.3 Å². The molecule has 0 unspecified atom stereocenters. The average molecular weight is 284 g/mol. The summed E-state index contributed by atoms with van der Waals surface area (Å²) in [6.45, 7) is -0.0139. The Morgan fingerprint density at radius 3 is 3.05 bits per heavy atom. The van der Waals surface area contributed by atoms with Crippen LogP contribution in [0, 0.1) is 10.1 Å². The largest absolute Gasteiger partial charge is 0.480 e. The maximum absolute atomic E-state index is 10.5. The van der Waals surface area contributed by atoms with E-state index in [1.807, 2.05) is 0 Å². The molecule has 0 saturated carbocycles. The Balaban J connectivity index is 1.92. The lowest BCUT2D eigenvalue weighted by Gasteiger charge is -1.96. The molecule has 0 saturated heterocycles. The van der Waals surface area contributed by atoms with E-state index < -0.39 is 10.9 Å². The molecule has 100 valence electrons. The van der Waals surface area contributed by atoms with Gasteiger partial charge in [-0.2, -0.15) is 0 Å². The Kier molecular flexibility index (Phi) is 3.66. The lowest BCUT2D eigenvalue weighted by molar-refractivity contribution is -0.380. The normalized spacial score (nSPS) is 10.3. The fourth-order valence-corrected chi connectivity index (χ4v) is 1.86. The zero-order valence-electron chi connectivity index (χ0n) is 9.39. The van der Waals surface area contributed by atoms with Crippen molar-refractivity contribution >= 4 is 27.4 Å². The highest BCUT2D eigenvalue weighted by Crippen LogP contribution is 2.25. The Hall–Kier alpha value is -2.56. The van der Waals surface area contributed by atoms with Crippen molar-refractivity contribution in [2.75, 3.05) is 5.32 Å². The predicted molar refractivity (Wildman–Crippen MR) is 63.8 cm³/mol. The highest BCUT2D eigenvalue weighted by atomic mass is 32.1. The third-order valence-corrected chi connectivity index (χ3v) is 2.88. The van der Waals surface area contributed by atoms with Gasteiger partial charge in [0.1, 0.15) is 18.4 Å². The number of anilines is 1. The van der Waals surface area contributed by atoms with Gasteiger partial charge in [-0.3, -0.25) is 14.9 Å². The Morgan fingerprint density at radius 2 is 2.42 bits per heavy atom. The molecule has 19 heavy (non-hydrogen) atoms. The van der Waals surface area contributed by atoms with E-state index in [1.54, 1.807) is 0 Å². The van der Waals surface area contributed by atoms with E-state index in [0.29, 0.717) is 10.8 Å². The minimum Gasteiger partial charge on any atom is -0.480 e. The van der Waals surface area contributed by atoms with Crippen LogP contribution in [0.25, 0.3) is 0 Å². The molecule has 2 N–H and O–H groups in total. The maximum Gasteiger partial charge on any atom is 0.345 e. The molecular weight excluding hydrogens is 276 g/mol. The number of carboxylic acid groups (broad SMARTS) is 1. The van der Waals surface area contributed by atoms with Gasteiger partial charge >= 0.3 is 11.0 Å². The second-order valence-electron chi connectivity index (χ2n) is 3.42. The van der Waals surface area contributed by atoms with Gasteiger partial charge in [0.25, 0.3) is 0 Å². The first-order valence-electron chi connectivity index (χ1n) is 4.99. The van der Waals surface area contributed by atoms with Gasteiger partial charge in [0.05, 0.1) is 17.7 Å². The summed E-state index contributed by atoms with van der Waals surface area (Å²) in [6, 6.07) is 0. The van der Waals surface area contributed by atoms with Crippen molar-refractivity contribution < 1.29 is 14.8 Å². The van der Waals surface area contributed by atoms with Gasteiger partial charge in [0, 0.05) is 0 Å². The van der Waals surface area contributed by atoms with E-state index >= 15 is 0 Å². The van der Waals surface area contributed by atoms with Gasteiger partial charge in [-0.1, -0.05) is 5.21 Å². The second kappa shape index (κ2) is 5.39. The molecular formula is C8H8N6O4S. The third kappa shape index (κ3) is 3.45. The summed E-state index contributed by atoms with van der Waals surface area (Å²) < 4.78 is 1.18. The number of nitro groups is 1. The zero-order valence-corrected chi connectivity index (χ0v) is 10.2. The van der Waals surface area contributed by atoms with Gasteiger partial charge in [0.2, 0.25) is 0 Å². The van der Waals surface area contributed by atoms with E-state index in [9.17, 15) is 14.9 Å². The van der Waals surface area contributed by atoms with Crippen LogP contribution in [0.4, 0.5) is 10.1 Å². The van der Waals surface area contributed by atoms with Gasteiger partial charge in [0.15, 0.2) is 5.13 Å². The lowest BCUT2D eigenvalue weighted by atomic mass is 10.5. The van der Waals surface area contributed by atoms with Crippen LogP contribution in [0.15, 0.2) is 12.4 Å². The molecule has 11 heteroatoms. The van der Waals surface area contributed by atoms with Crippen LogP contribution in [0.2, 0.25) is 0 Å². The first-order chi connectivity index (χ1) is 9.04. The minimum atomic E-state index is -1.01. The molecule has 0 spiro atoms. The van der Waals surface area contributed by atoms with E-state index in [2.05, 4.69) is 20.6 Å². The van der Waals surface area contributed by atoms with Crippen LogP contribution in [0.1, 0.15) is 5.69 Å². The highest BCUT2D eigenvalue weighted by Gasteiger charge is 2.11. The van der Waals surface area contributed by atoms with Crippen LogP contribution in [-0.2, 0) is 17.9 Å². The van der Waals surface area contributed by atoms with Gasteiger partial charge in [-0.05, 0) is 11.3 Å². The molecule has 2 aromatic rings. The Morgan fingerprint density at radius 1 is 1.63 bits per heavy atom. The number of aliphatic carboxylic acids is 1. The van der Waals surface area contributed by atoms with Crippen LogP contribution in [0.5, 0.6) is 0 Å². The number of aromatic nitrogens is 4. The smallest absolute Gasteiger partial charge is 0.345 e. The monoisotopic (exact) mass is 284 g/mol. The summed E-state index contributed by atoms with van der Waals surface area (Å²) in [5.74, 6) is -1.01. The van der Waals surface area contributed by atoms with Crippen molar-refractivity contribution in [1.29, 1.82) is 0 Å². The van der Waals surface area contributed by atoms with Gasteiger partial charge in [-0.25, -0.2) is 9.67 Å². The number of carboxylic acids is 1. The molecule has 0 radical (unpaired) electrons. The first kappa shape index (κ1) is 12.9. The number of hydrogen-bond acceptors (Lipinski definition) is 8. The molecule has 0 aliphatic carbocycles. The SMILES string of the molecule is O=C(O)Cn1cc(CNc2ncc([N+](=O)[O-])s2)nn1. The van der Waals surface area contributed by atoms with Crippen molar-refractivity contribution in [3.8, 4) is 0 Å². The molecule has 0 fully saturated rings. The minimum absolute atomic E-state index is 0.0583. The third-order valence-electron chi connectivity index (χ3n) is 1.98. The van der Waals surface area contributed by atoms with Gasteiger partial charge in [-0.15, -0.1) is 5.10 Å². The van der Waals surface area contributed by atoms with E-state index in [-0.39, 0.29) is 18.1 Å². The summed E-state index contributed by atoms with van der Waals surface area (Å²) in [5.41, 5.74) is 0.513. The maximum atomic E-state index is 10.5. The van der Waals surface area contributed by atoms with E-state index in [0.717, 1.165) is 17.5 Å². The first-order valence-corrected chi connectivity index (χ1v) is 5.81. The van der Waals surface area contributed by atoms with Crippen molar-refractivity contribution in [1.82, 2.24) is 20.0 Å². The number of thiazole rings is 1. The molecule has 10 nitrogen and oxygen atoms in total. The number of carbonyl (C=O) groups is 1. The van der Waals surface area contributed by atoms with Crippen molar-refractivity contribution in [2.45, 2.75) is 13.1 Å². The second-order valence-corrected chi connectivity index (χ2v) is 4.42. The van der Waals surface area contributed by atoms with Crippen LogP contribution in [-0.4, -0.2) is 36.0 Å². The number of nitrogens with one attached hydrogen (secondary N) is 1. The fourth-order valence-electron chi connectivity index (χ4n) is 1.23. The number of hydrogen-bond donors (Lipinski definition) is 2. The highest BCUT2D eigenvalue weighted by molar-refractivity contribution is 7.18. The lowest BCUT2D eigenvalue weighted by Crippen LogP contribution is -2.09. The summed E-state index contributed by atoms with van der Waals surface area (Å²) in [4.78, 5) is 24.2. The van der Waals surface area contributed by atoms with E-state index in [1.165, 1.54) is 10.9 Å². The molecule has 2 heterocycles. The van der Waals surface area contributed by atoms with Crippen LogP contribution < -0.4 is 5.32 Å². The van der Waals surface area contributed by atoms with Crippen molar-refractivity contribution in [2.24, 2.45) is 0 Å². The molecule has 2 rings (SSSR count). The number of rotatable bonds is 6. The fraction of sp³-hybridized carbons (Fsp3) is 0.250.